The Morgan fingerprint density at radius 1 is 1.30 bits per heavy atom. The smallest absolute Gasteiger partial charge is 0.125 e. The molecule has 3 atom stereocenters. The summed E-state index contributed by atoms with van der Waals surface area (Å²) in [4.78, 5) is 0. The van der Waals surface area contributed by atoms with Gasteiger partial charge in [-0.2, -0.15) is 0 Å². The van der Waals surface area contributed by atoms with Gasteiger partial charge in [0, 0.05) is 12.0 Å². The van der Waals surface area contributed by atoms with Gasteiger partial charge in [0.25, 0.3) is 0 Å². The molecule has 1 heterocycles. The van der Waals surface area contributed by atoms with Crippen molar-refractivity contribution in [2.75, 3.05) is 0 Å². The summed E-state index contributed by atoms with van der Waals surface area (Å²) in [7, 11) is 0. The zero-order valence-electron chi connectivity index (χ0n) is 12.7. The minimum Gasteiger partial charge on any atom is -0.487 e. The van der Waals surface area contributed by atoms with Gasteiger partial charge < -0.3 is 9.84 Å². The minimum absolute atomic E-state index is 0.119. The fourth-order valence-corrected chi connectivity index (χ4v) is 3.92. The van der Waals surface area contributed by atoms with E-state index in [0.29, 0.717) is 0 Å². The first-order valence-electron chi connectivity index (χ1n) is 8.09. The number of benzene rings is 1. The molecule has 1 aliphatic heterocycles. The summed E-state index contributed by atoms with van der Waals surface area (Å²) in [5, 5.41) is 10.5. The summed E-state index contributed by atoms with van der Waals surface area (Å²) in [6, 6.07) is 6.19. The van der Waals surface area contributed by atoms with Gasteiger partial charge in [0.2, 0.25) is 0 Å². The monoisotopic (exact) mass is 274 g/mol. The third-order valence-electron chi connectivity index (χ3n) is 5.25. The molecule has 1 saturated carbocycles. The Morgan fingerprint density at radius 3 is 2.95 bits per heavy atom. The lowest BCUT2D eigenvalue weighted by atomic mass is 9.82. The van der Waals surface area contributed by atoms with Gasteiger partial charge in [-0.15, -0.1) is 0 Å². The molecule has 0 bridgehead atoms. The van der Waals surface area contributed by atoms with Crippen LogP contribution in [-0.2, 0) is 0 Å². The molecule has 1 fully saturated rings. The Bertz CT molecular complexity index is 482. The number of ether oxygens (including phenoxy) is 1. The van der Waals surface area contributed by atoms with Crippen LogP contribution < -0.4 is 4.74 Å². The topological polar surface area (TPSA) is 29.5 Å². The zero-order chi connectivity index (χ0) is 14.2. The number of aryl methyl sites for hydroxylation is 1. The van der Waals surface area contributed by atoms with Crippen molar-refractivity contribution in [3.63, 3.8) is 0 Å². The van der Waals surface area contributed by atoms with E-state index in [4.69, 9.17) is 4.74 Å². The van der Waals surface area contributed by atoms with Crippen molar-refractivity contribution in [1.29, 1.82) is 0 Å². The molecule has 3 rings (SSSR count). The summed E-state index contributed by atoms with van der Waals surface area (Å²) >= 11 is 0. The van der Waals surface area contributed by atoms with E-state index in [0.717, 1.165) is 36.5 Å². The summed E-state index contributed by atoms with van der Waals surface area (Å²) in [6.45, 7) is 4.35. The maximum Gasteiger partial charge on any atom is 0.125 e. The molecule has 2 nitrogen and oxygen atoms in total. The standard InChI is InChI=1S/C18H26O2/c1-3-14-5-4-9-18(10-8-14)12-16(19)15-11-13(2)6-7-17(15)20-18/h6-7,11,14,16,19H,3-5,8-10,12H2,1-2H3. The van der Waals surface area contributed by atoms with E-state index in [9.17, 15) is 5.11 Å². The molecule has 1 aliphatic carbocycles. The first-order chi connectivity index (χ1) is 9.62. The Labute approximate surface area is 122 Å². The molecule has 2 aliphatic rings. The summed E-state index contributed by atoms with van der Waals surface area (Å²) in [5.41, 5.74) is 2.05. The van der Waals surface area contributed by atoms with Gasteiger partial charge in [0.15, 0.2) is 0 Å². The van der Waals surface area contributed by atoms with Crippen molar-refractivity contribution < 1.29 is 9.84 Å². The molecule has 20 heavy (non-hydrogen) atoms. The normalized spacial score (nSPS) is 33.4. The van der Waals surface area contributed by atoms with E-state index in [1.165, 1.54) is 31.2 Å². The number of fused-ring (bicyclic) bond motifs is 1. The number of hydrogen-bond donors (Lipinski definition) is 1. The first kappa shape index (κ1) is 13.9. The van der Waals surface area contributed by atoms with E-state index in [-0.39, 0.29) is 11.7 Å². The summed E-state index contributed by atoms with van der Waals surface area (Å²) < 4.78 is 6.40. The first-order valence-corrected chi connectivity index (χ1v) is 8.09. The van der Waals surface area contributed by atoms with Crippen LogP contribution in [0.4, 0.5) is 0 Å². The molecule has 0 radical (unpaired) electrons. The van der Waals surface area contributed by atoms with Gasteiger partial charge in [-0.05, 0) is 50.7 Å². The SMILES string of the molecule is CCC1CCCC2(CC1)CC(O)c1cc(C)ccc1O2. The second kappa shape index (κ2) is 5.40. The van der Waals surface area contributed by atoms with E-state index in [1.54, 1.807) is 0 Å². The predicted molar refractivity (Wildman–Crippen MR) is 81.0 cm³/mol. The molecule has 110 valence electrons. The highest BCUT2D eigenvalue weighted by Gasteiger charge is 2.41. The molecule has 0 aromatic heterocycles. The molecule has 1 N–H and O–H groups in total. The molecule has 2 heteroatoms. The molecule has 0 saturated heterocycles. The van der Waals surface area contributed by atoms with Crippen molar-refractivity contribution in [2.45, 2.75) is 70.5 Å². The van der Waals surface area contributed by atoms with Crippen LogP contribution in [0, 0.1) is 12.8 Å². The molecule has 1 aromatic rings. The molecular formula is C18H26O2. The van der Waals surface area contributed by atoms with Crippen LogP contribution in [0.15, 0.2) is 18.2 Å². The average molecular weight is 274 g/mol. The lowest BCUT2D eigenvalue weighted by Crippen LogP contribution is -2.40. The largest absolute Gasteiger partial charge is 0.487 e. The minimum atomic E-state index is -0.364. The second-order valence-corrected chi connectivity index (χ2v) is 6.75. The van der Waals surface area contributed by atoms with Gasteiger partial charge in [0.1, 0.15) is 11.4 Å². The van der Waals surface area contributed by atoms with Crippen molar-refractivity contribution in [2.24, 2.45) is 5.92 Å². The lowest BCUT2D eigenvalue weighted by molar-refractivity contribution is -0.0251. The third-order valence-corrected chi connectivity index (χ3v) is 5.25. The number of rotatable bonds is 1. The van der Waals surface area contributed by atoms with Crippen molar-refractivity contribution in [3.05, 3.63) is 29.3 Å². The lowest BCUT2D eigenvalue weighted by Gasteiger charge is -2.40. The molecule has 0 amide bonds. The van der Waals surface area contributed by atoms with Crippen LogP contribution in [0.5, 0.6) is 5.75 Å². The highest BCUT2D eigenvalue weighted by Crippen LogP contribution is 2.46. The van der Waals surface area contributed by atoms with Crippen molar-refractivity contribution in [3.8, 4) is 5.75 Å². The molecule has 3 unspecified atom stereocenters. The summed E-state index contributed by atoms with van der Waals surface area (Å²) in [5.74, 6) is 1.75. The van der Waals surface area contributed by atoms with Crippen molar-refractivity contribution in [1.82, 2.24) is 0 Å². The Hall–Kier alpha value is -1.02. The van der Waals surface area contributed by atoms with Gasteiger partial charge in [-0.25, -0.2) is 0 Å². The van der Waals surface area contributed by atoms with Crippen LogP contribution in [-0.4, -0.2) is 10.7 Å². The van der Waals surface area contributed by atoms with Crippen LogP contribution in [0.25, 0.3) is 0 Å². The Kier molecular flexibility index (Phi) is 3.76. The van der Waals surface area contributed by atoms with Gasteiger partial charge in [0.05, 0.1) is 6.10 Å². The van der Waals surface area contributed by atoms with E-state index in [1.807, 2.05) is 6.07 Å². The quantitative estimate of drug-likeness (QED) is 0.814. The van der Waals surface area contributed by atoms with E-state index >= 15 is 0 Å². The fourth-order valence-electron chi connectivity index (χ4n) is 3.92. The molecular weight excluding hydrogens is 248 g/mol. The van der Waals surface area contributed by atoms with Crippen molar-refractivity contribution >= 4 is 0 Å². The van der Waals surface area contributed by atoms with Crippen LogP contribution >= 0.6 is 0 Å². The van der Waals surface area contributed by atoms with Crippen LogP contribution in [0.1, 0.15) is 69.1 Å². The maximum absolute atomic E-state index is 10.5. The summed E-state index contributed by atoms with van der Waals surface area (Å²) in [6.07, 6.45) is 7.64. The fraction of sp³-hybridized carbons (Fsp3) is 0.667. The average Bonchev–Trinajstić information content (AvgIpc) is 2.62. The number of hydrogen-bond acceptors (Lipinski definition) is 2. The van der Waals surface area contributed by atoms with Crippen LogP contribution in [0.2, 0.25) is 0 Å². The second-order valence-electron chi connectivity index (χ2n) is 6.75. The maximum atomic E-state index is 10.5. The Balaban J connectivity index is 1.85. The van der Waals surface area contributed by atoms with Gasteiger partial charge >= 0.3 is 0 Å². The third kappa shape index (κ3) is 2.58. The Morgan fingerprint density at radius 2 is 2.15 bits per heavy atom. The van der Waals surface area contributed by atoms with Crippen LogP contribution in [0.3, 0.4) is 0 Å². The van der Waals surface area contributed by atoms with Gasteiger partial charge in [-0.1, -0.05) is 31.4 Å². The molecule has 1 aromatic carbocycles. The highest BCUT2D eigenvalue weighted by atomic mass is 16.5. The molecule has 1 spiro atoms. The van der Waals surface area contributed by atoms with Gasteiger partial charge in [-0.3, -0.25) is 0 Å². The zero-order valence-corrected chi connectivity index (χ0v) is 12.7. The predicted octanol–water partition coefficient (Wildman–Crippen LogP) is 4.54. The highest BCUT2D eigenvalue weighted by molar-refractivity contribution is 5.40. The van der Waals surface area contributed by atoms with E-state index in [2.05, 4.69) is 26.0 Å². The number of aliphatic hydroxyl groups excluding tert-OH is 1. The van der Waals surface area contributed by atoms with E-state index < -0.39 is 0 Å². The number of aliphatic hydroxyl groups is 1.